The molecule has 0 fully saturated rings. The summed E-state index contributed by atoms with van der Waals surface area (Å²) in [7, 11) is 1.25. The number of nitrogens with zero attached hydrogens (tertiary/aromatic N) is 1. The van der Waals surface area contributed by atoms with Gasteiger partial charge in [0.2, 0.25) is 5.78 Å². The normalized spacial score (nSPS) is 20.5. The molecule has 4 heteroatoms. The summed E-state index contributed by atoms with van der Waals surface area (Å²) in [5, 5.41) is 0. The highest BCUT2D eigenvalue weighted by Gasteiger charge is 2.39. The Morgan fingerprint density at radius 2 is 2.22 bits per heavy atom. The summed E-state index contributed by atoms with van der Waals surface area (Å²) >= 11 is 0. The monoisotopic (exact) mass is 245 g/mol. The summed E-state index contributed by atoms with van der Waals surface area (Å²) in [5.74, 6) is -1.52. The molecule has 0 aromatic heterocycles. The molecule has 3 rings (SSSR count). The second-order valence-corrected chi connectivity index (χ2v) is 4.81. The number of benzene rings is 1. The molecule has 0 bridgehead atoms. The molecule has 1 unspecified atom stereocenters. The van der Waals surface area contributed by atoms with Crippen molar-refractivity contribution in [1.29, 1.82) is 0 Å². The summed E-state index contributed by atoms with van der Waals surface area (Å²) in [6, 6.07) is 6.03. The number of anilines is 1. The van der Waals surface area contributed by atoms with Crippen LogP contribution in [0, 0.1) is 0 Å². The van der Waals surface area contributed by atoms with E-state index in [9.17, 15) is 9.59 Å². The van der Waals surface area contributed by atoms with Crippen molar-refractivity contribution in [3.8, 4) is 0 Å². The first-order valence-corrected chi connectivity index (χ1v) is 6.21. The maximum Gasteiger partial charge on any atom is 0.375 e. The van der Waals surface area contributed by atoms with E-state index in [0.29, 0.717) is 6.54 Å². The van der Waals surface area contributed by atoms with E-state index < -0.39 is 11.8 Å². The molecule has 0 radical (unpaired) electrons. The van der Waals surface area contributed by atoms with E-state index in [1.807, 2.05) is 12.1 Å². The van der Waals surface area contributed by atoms with E-state index in [-0.39, 0.29) is 5.92 Å². The first kappa shape index (κ1) is 11.3. The number of rotatable bonds is 2. The second-order valence-electron chi connectivity index (χ2n) is 4.81. The molecule has 1 aromatic rings. The molecule has 94 valence electrons. The fourth-order valence-corrected chi connectivity index (χ4v) is 3.02. The average Bonchev–Trinajstić information content (AvgIpc) is 2.79. The minimum absolute atomic E-state index is 0.356. The van der Waals surface area contributed by atoms with Crippen LogP contribution >= 0.6 is 0 Å². The SMILES string of the molecule is COC(=O)C(=O)C1CN2CCCc3cccc1c32. The van der Waals surface area contributed by atoms with Crippen LogP contribution in [-0.4, -0.2) is 32.0 Å². The molecule has 2 aliphatic rings. The quantitative estimate of drug-likeness (QED) is 0.581. The first-order chi connectivity index (χ1) is 8.72. The Labute approximate surface area is 106 Å². The highest BCUT2D eigenvalue weighted by Crippen LogP contribution is 2.42. The Bertz CT molecular complexity index is 524. The van der Waals surface area contributed by atoms with E-state index in [1.165, 1.54) is 18.4 Å². The van der Waals surface area contributed by atoms with Gasteiger partial charge in [0.25, 0.3) is 0 Å². The molecule has 4 nitrogen and oxygen atoms in total. The van der Waals surface area contributed by atoms with Crippen molar-refractivity contribution in [2.75, 3.05) is 25.1 Å². The van der Waals surface area contributed by atoms with Gasteiger partial charge in [0.15, 0.2) is 0 Å². The van der Waals surface area contributed by atoms with Crippen molar-refractivity contribution in [2.45, 2.75) is 18.8 Å². The minimum atomic E-state index is -0.738. The van der Waals surface area contributed by atoms with Gasteiger partial charge in [-0.1, -0.05) is 18.2 Å². The third-order valence-corrected chi connectivity index (χ3v) is 3.82. The lowest BCUT2D eigenvalue weighted by atomic mass is 9.94. The van der Waals surface area contributed by atoms with Crippen LogP contribution in [0.4, 0.5) is 5.69 Å². The van der Waals surface area contributed by atoms with Crippen LogP contribution in [0.25, 0.3) is 0 Å². The Hall–Kier alpha value is -1.84. The largest absolute Gasteiger partial charge is 0.463 e. The Morgan fingerprint density at radius 1 is 1.39 bits per heavy atom. The topological polar surface area (TPSA) is 46.6 Å². The maximum atomic E-state index is 12.0. The van der Waals surface area contributed by atoms with Crippen LogP contribution in [0.3, 0.4) is 0 Å². The van der Waals surface area contributed by atoms with Gasteiger partial charge >= 0.3 is 5.97 Å². The molecule has 0 spiro atoms. The molecule has 0 amide bonds. The number of hydrogen-bond donors (Lipinski definition) is 0. The van der Waals surface area contributed by atoms with Crippen molar-refractivity contribution >= 4 is 17.4 Å². The highest BCUT2D eigenvalue weighted by molar-refractivity contribution is 6.36. The van der Waals surface area contributed by atoms with Crippen LogP contribution in [0.2, 0.25) is 0 Å². The van der Waals surface area contributed by atoms with E-state index in [1.54, 1.807) is 0 Å². The van der Waals surface area contributed by atoms with Crippen LogP contribution in [0.1, 0.15) is 23.5 Å². The molecule has 18 heavy (non-hydrogen) atoms. The lowest BCUT2D eigenvalue weighted by Crippen LogP contribution is -2.31. The first-order valence-electron chi connectivity index (χ1n) is 6.21. The zero-order valence-corrected chi connectivity index (χ0v) is 10.3. The molecule has 2 aliphatic heterocycles. The Kier molecular flexibility index (Phi) is 2.58. The maximum absolute atomic E-state index is 12.0. The molecule has 0 N–H and O–H groups in total. The van der Waals surface area contributed by atoms with Gasteiger partial charge in [0.1, 0.15) is 0 Å². The van der Waals surface area contributed by atoms with Crippen molar-refractivity contribution in [2.24, 2.45) is 0 Å². The van der Waals surface area contributed by atoms with Crippen LogP contribution in [0.15, 0.2) is 18.2 Å². The number of para-hydroxylation sites is 1. The van der Waals surface area contributed by atoms with E-state index in [0.717, 1.165) is 24.9 Å². The fourth-order valence-electron chi connectivity index (χ4n) is 3.02. The molecule has 1 atom stereocenters. The summed E-state index contributed by atoms with van der Waals surface area (Å²) in [6.45, 7) is 1.58. The van der Waals surface area contributed by atoms with E-state index in [2.05, 4.69) is 15.7 Å². The highest BCUT2D eigenvalue weighted by atomic mass is 16.5. The number of ketones is 1. The van der Waals surface area contributed by atoms with Crippen LogP contribution < -0.4 is 4.90 Å². The van der Waals surface area contributed by atoms with Crippen LogP contribution in [-0.2, 0) is 20.7 Å². The number of ether oxygens (including phenoxy) is 1. The number of esters is 1. The van der Waals surface area contributed by atoms with Gasteiger partial charge < -0.3 is 9.64 Å². The standard InChI is InChI=1S/C14H15NO3/c1-18-14(17)13(16)11-8-15-7-3-5-9-4-2-6-10(11)12(9)15/h2,4,6,11H,3,5,7-8H2,1H3. The number of Topliss-reactive ketones (excluding diaryl/α,β-unsaturated/α-hetero) is 1. The van der Waals surface area contributed by atoms with Crippen molar-refractivity contribution in [3.63, 3.8) is 0 Å². The zero-order valence-electron chi connectivity index (χ0n) is 10.3. The summed E-state index contributed by atoms with van der Waals surface area (Å²) < 4.78 is 4.55. The van der Waals surface area contributed by atoms with Gasteiger partial charge in [-0.3, -0.25) is 4.79 Å². The number of hydrogen-bond acceptors (Lipinski definition) is 4. The molecule has 0 saturated heterocycles. The summed E-state index contributed by atoms with van der Waals surface area (Å²) in [5.41, 5.74) is 3.45. The van der Waals surface area contributed by atoms with Gasteiger partial charge in [0, 0.05) is 18.8 Å². The second kappa shape index (κ2) is 4.12. The molecular formula is C14H15NO3. The number of carbonyl (C=O) groups excluding carboxylic acids is 2. The van der Waals surface area contributed by atoms with Crippen molar-refractivity contribution < 1.29 is 14.3 Å². The van der Waals surface area contributed by atoms with Gasteiger partial charge in [-0.25, -0.2) is 4.79 Å². The Balaban J connectivity index is 2.02. The van der Waals surface area contributed by atoms with Gasteiger partial charge in [-0.15, -0.1) is 0 Å². The van der Waals surface area contributed by atoms with Crippen LogP contribution in [0.5, 0.6) is 0 Å². The molecular weight excluding hydrogens is 230 g/mol. The smallest absolute Gasteiger partial charge is 0.375 e. The molecule has 2 heterocycles. The Morgan fingerprint density at radius 3 is 3.00 bits per heavy atom. The number of methoxy groups -OCH3 is 1. The third kappa shape index (κ3) is 1.52. The molecule has 0 saturated carbocycles. The predicted molar refractivity (Wildman–Crippen MR) is 66.7 cm³/mol. The van der Waals surface area contributed by atoms with Gasteiger partial charge in [0.05, 0.1) is 13.0 Å². The molecule has 0 aliphatic carbocycles. The number of carbonyl (C=O) groups is 2. The fraction of sp³-hybridized carbons (Fsp3) is 0.429. The lowest BCUT2D eigenvalue weighted by molar-refractivity contribution is -0.152. The van der Waals surface area contributed by atoms with E-state index >= 15 is 0 Å². The van der Waals surface area contributed by atoms with Crippen molar-refractivity contribution in [1.82, 2.24) is 0 Å². The lowest BCUT2D eigenvalue weighted by Gasteiger charge is -2.26. The predicted octanol–water partition coefficient (Wildman–Crippen LogP) is 1.28. The summed E-state index contributed by atoms with van der Waals surface area (Å²) in [6.07, 6.45) is 2.16. The average molecular weight is 245 g/mol. The summed E-state index contributed by atoms with van der Waals surface area (Å²) in [4.78, 5) is 25.7. The van der Waals surface area contributed by atoms with Gasteiger partial charge in [-0.05, 0) is 24.0 Å². The van der Waals surface area contributed by atoms with E-state index in [4.69, 9.17) is 0 Å². The molecule has 1 aromatic carbocycles. The van der Waals surface area contributed by atoms with Crippen molar-refractivity contribution in [3.05, 3.63) is 29.3 Å². The number of aryl methyl sites for hydroxylation is 1. The minimum Gasteiger partial charge on any atom is -0.463 e. The van der Waals surface area contributed by atoms with Gasteiger partial charge in [-0.2, -0.15) is 0 Å². The zero-order chi connectivity index (χ0) is 12.7. The third-order valence-electron chi connectivity index (χ3n) is 3.82.